The molecule has 2 rings (SSSR count). The number of alkyl halides is 3. The number of rotatable bonds is 2. The lowest BCUT2D eigenvalue weighted by atomic mass is 9.98. The molecule has 106 valence electrons. The standard InChI is InChI=1S/C13H8BrF4NO/c14-11-2-1-7(15)5-8(11)12(20)9-6-19-4-3-10(9)13(16,17)18/h1-6,12,20H. The van der Waals surface area contributed by atoms with Crippen LogP contribution >= 0.6 is 15.9 Å². The van der Waals surface area contributed by atoms with Crippen LogP contribution in [0, 0.1) is 5.82 Å². The summed E-state index contributed by atoms with van der Waals surface area (Å²) in [6.45, 7) is 0. The summed E-state index contributed by atoms with van der Waals surface area (Å²) >= 11 is 3.08. The molecule has 0 saturated carbocycles. The topological polar surface area (TPSA) is 33.1 Å². The summed E-state index contributed by atoms with van der Waals surface area (Å²) in [5, 5.41) is 10.1. The molecule has 7 heteroatoms. The van der Waals surface area contributed by atoms with Gasteiger partial charge in [-0.1, -0.05) is 15.9 Å². The van der Waals surface area contributed by atoms with Gasteiger partial charge in [-0.3, -0.25) is 4.98 Å². The molecule has 1 unspecified atom stereocenters. The van der Waals surface area contributed by atoms with Gasteiger partial charge in [-0.2, -0.15) is 13.2 Å². The van der Waals surface area contributed by atoms with E-state index in [4.69, 9.17) is 0 Å². The van der Waals surface area contributed by atoms with Crippen molar-refractivity contribution < 1.29 is 22.7 Å². The highest BCUT2D eigenvalue weighted by Gasteiger charge is 2.35. The van der Waals surface area contributed by atoms with E-state index in [1.54, 1.807) is 0 Å². The number of aromatic nitrogens is 1. The minimum absolute atomic E-state index is 0.00324. The van der Waals surface area contributed by atoms with E-state index in [0.717, 1.165) is 30.6 Å². The largest absolute Gasteiger partial charge is 0.416 e. The van der Waals surface area contributed by atoms with E-state index in [2.05, 4.69) is 20.9 Å². The molecule has 0 saturated heterocycles. The first-order valence-corrected chi connectivity index (χ1v) is 6.24. The van der Waals surface area contributed by atoms with Gasteiger partial charge in [0.05, 0.1) is 5.56 Å². The molecule has 0 bridgehead atoms. The van der Waals surface area contributed by atoms with Gasteiger partial charge in [0.25, 0.3) is 0 Å². The molecule has 0 amide bonds. The summed E-state index contributed by atoms with van der Waals surface area (Å²) in [6, 6.07) is 4.19. The second-order valence-corrected chi connectivity index (χ2v) is 4.88. The van der Waals surface area contributed by atoms with Gasteiger partial charge in [0.1, 0.15) is 11.9 Å². The van der Waals surface area contributed by atoms with E-state index in [9.17, 15) is 22.7 Å². The molecule has 2 nitrogen and oxygen atoms in total. The number of hydrogen-bond acceptors (Lipinski definition) is 2. The smallest absolute Gasteiger partial charge is 0.384 e. The Balaban J connectivity index is 2.54. The maximum absolute atomic E-state index is 13.2. The minimum atomic E-state index is -4.63. The van der Waals surface area contributed by atoms with Crippen molar-refractivity contribution in [2.45, 2.75) is 12.3 Å². The molecule has 0 spiro atoms. The molecule has 1 aromatic heterocycles. The Kier molecular flexibility index (Phi) is 4.10. The van der Waals surface area contributed by atoms with Crippen LogP contribution < -0.4 is 0 Å². The van der Waals surface area contributed by atoms with Crippen molar-refractivity contribution >= 4 is 15.9 Å². The summed E-state index contributed by atoms with van der Waals surface area (Å²) in [5.41, 5.74) is -1.43. The van der Waals surface area contributed by atoms with E-state index in [0.29, 0.717) is 4.47 Å². The molecule has 0 radical (unpaired) electrons. The lowest BCUT2D eigenvalue weighted by Crippen LogP contribution is -2.13. The van der Waals surface area contributed by atoms with Crippen molar-refractivity contribution in [3.63, 3.8) is 0 Å². The summed E-state index contributed by atoms with van der Waals surface area (Å²) in [5.74, 6) is -0.653. The van der Waals surface area contributed by atoms with E-state index >= 15 is 0 Å². The Hall–Kier alpha value is -1.47. The number of hydrogen-bond donors (Lipinski definition) is 1. The fourth-order valence-corrected chi connectivity index (χ4v) is 2.24. The summed E-state index contributed by atoms with van der Waals surface area (Å²) in [4.78, 5) is 3.59. The summed E-state index contributed by atoms with van der Waals surface area (Å²) < 4.78 is 52.1. The van der Waals surface area contributed by atoms with E-state index in [1.165, 1.54) is 6.07 Å². The van der Waals surface area contributed by atoms with Crippen LogP contribution in [-0.4, -0.2) is 10.1 Å². The van der Waals surface area contributed by atoms with Crippen LogP contribution in [-0.2, 0) is 6.18 Å². The number of pyridine rings is 1. The van der Waals surface area contributed by atoms with Gasteiger partial charge in [0.2, 0.25) is 0 Å². The van der Waals surface area contributed by atoms with Crippen LogP contribution in [0.25, 0.3) is 0 Å². The third kappa shape index (κ3) is 2.99. The molecule has 20 heavy (non-hydrogen) atoms. The molecule has 0 aliphatic heterocycles. The lowest BCUT2D eigenvalue weighted by Gasteiger charge is -2.18. The third-order valence-electron chi connectivity index (χ3n) is 2.70. The Bertz CT molecular complexity index is 630. The van der Waals surface area contributed by atoms with E-state index < -0.39 is 29.2 Å². The molecule has 1 atom stereocenters. The first kappa shape index (κ1) is 14.9. The quantitative estimate of drug-likeness (QED) is 0.828. The van der Waals surface area contributed by atoms with Crippen LogP contribution in [0.5, 0.6) is 0 Å². The van der Waals surface area contributed by atoms with Crippen molar-refractivity contribution in [3.8, 4) is 0 Å². The molecule has 1 N–H and O–H groups in total. The maximum atomic E-state index is 13.2. The predicted molar refractivity (Wildman–Crippen MR) is 67.4 cm³/mol. The SMILES string of the molecule is OC(c1cc(F)ccc1Br)c1cnccc1C(F)(F)F. The van der Waals surface area contributed by atoms with Gasteiger partial charge in [0, 0.05) is 28.0 Å². The number of aliphatic hydroxyl groups excluding tert-OH is 1. The van der Waals surface area contributed by atoms with Gasteiger partial charge in [-0.15, -0.1) is 0 Å². The predicted octanol–water partition coefficient (Wildman–Crippen LogP) is 4.08. The first-order valence-electron chi connectivity index (χ1n) is 5.45. The van der Waals surface area contributed by atoms with Crippen molar-refractivity contribution in [1.29, 1.82) is 0 Å². The molecular formula is C13H8BrF4NO. The number of nitrogens with zero attached hydrogens (tertiary/aromatic N) is 1. The molecule has 2 aromatic rings. The van der Waals surface area contributed by atoms with Crippen LogP contribution in [0.15, 0.2) is 41.1 Å². The van der Waals surface area contributed by atoms with Crippen molar-refractivity contribution in [2.24, 2.45) is 0 Å². The van der Waals surface area contributed by atoms with Crippen LogP contribution in [0.2, 0.25) is 0 Å². The Morgan fingerprint density at radius 2 is 1.85 bits per heavy atom. The van der Waals surface area contributed by atoms with Gasteiger partial charge in [-0.05, 0) is 24.3 Å². The summed E-state index contributed by atoms with van der Waals surface area (Å²) in [6.07, 6.45) is -4.35. The Morgan fingerprint density at radius 1 is 1.15 bits per heavy atom. The highest BCUT2D eigenvalue weighted by molar-refractivity contribution is 9.10. The molecule has 0 fully saturated rings. The van der Waals surface area contributed by atoms with Crippen LogP contribution in [0.4, 0.5) is 17.6 Å². The van der Waals surface area contributed by atoms with Crippen molar-refractivity contribution in [2.75, 3.05) is 0 Å². The molecular weight excluding hydrogens is 342 g/mol. The average Bonchev–Trinajstić information content (AvgIpc) is 2.40. The monoisotopic (exact) mass is 349 g/mol. The lowest BCUT2D eigenvalue weighted by molar-refractivity contribution is -0.139. The fraction of sp³-hybridized carbons (Fsp3) is 0.154. The molecule has 1 heterocycles. The van der Waals surface area contributed by atoms with Crippen molar-refractivity contribution in [3.05, 3.63) is 63.6 Å². The zero-order chi connectivity index (χ0) is 14.9. The molecule has 0 aliphatic carbocycles. The second kappa shape index (κ2) is 5.49. The van der Waals surface area contributed by atoms with Crippen molar-refractivity contribution in [1.82, 2.24) is 4.98 Å². The van der Waals surface area contributed by atoms with E-state index in [1.807, 2.05) is 0 Å². The Labute approximate surface area is 120 Å². The number of halogens is 5. The number of aliphatic hydroxyl groups is 1. The molecule has 0 aliphatic rings. The maximum Gasteiger partial charge on any atom is 0.416 e. The third-order valence-corrected chi connectivity index (χ3v) is 3.43. The minimum Gasteiger partial charge on any atom is -0.384 e. The first-order chi connectivity index (χ1) is 9.30. The van der Waals surface area contributed by atoms with Gasteiger partial charge >= 0.3 is 6.18 Å². The highest BCUT2D eigenvalue weighted by Crippen LogP contribution is 2.37. The summed E-state index contributed by atoms with van der Waals surface area (Å²) in [7, 11) is 0. The average molecular weight is 350 g/mol. The zero-order valence-corrected chi connectivity index (χ0v) is 11.4. The van der Waals surface area contributed by atoms with Crippen LogP contribution in [0.1, 0.15) is 22.8 Å². The Morgan fingerprint density at radius 3 is 2.50 bits per heavy atom. The van der Waals surface area contributed by atoms with Gasteiger partial charge in [-0.25, -0.2) is 4.39 Å². The normalized spacial score (nSPS) is 13.3. The second-order valence-electron chi connectivity index (χ2n) is 4.03. The zero-order valence-electron chi connectivity index (χ0n) is 9.83. The van der Waals surface area contributed by atoms with Crippen LogP contribution in [0.3, 0.4) is 0 Å². The fourth-order valence-electron chi connectivity index (χ4n) is 1.77. The molecule has 1 aromatic carbocycles. The number of benzene rings is 1. The van der Waals surface area contributed by atoms with E-state index in [-0.39, 0.29) is 5.56 Å². The van der Waals surface area contributed by atoms with Gasteiger partial charge in [0.15, 0.2) is 0 Å². The van der Waals surface area contributed by atoms with Gasteiger partial charge < -0.3 is 5.11 Å². The highest BCUT2D eigenvalue weighted by atomic mass is 79.9.